The maximum atomic E-state index is 11.2. The monoisotopic (exact) mass is 237 g/mol. The van der Waals surface area contributed by atoms with Crippen LogP contribution in [0.4, 0.5) is 0 Å². The molecule has 0 amide bonds. The van der Waals surface area contributed by atoms with Gasteiger partial charge >= 0.3 is 5.97 Å². The molecule has 4 heteroatoms. The van der Waals surface area contributed by atoms with Crippen molar-refractivity contribution in [2.75, 3.05) is 7.11 Å². The molecule has 0 fully saturated rings. The van der Waals surface area contributed by atoms with Gasteiger partial charge in [-0.05, 0) is 38.0 Å². The summed E-state index contributed by atoms with van der Waals surface area (Å²) in [5, 5.41) is 0. The van der Waals surface area contributed by atoms with Crippen LogP contribution in [-0.4, -0.2) is 25.2 Å². The zero-order valence-electron chi connectivity index (χ0n) is 10.5. The number of methoxy groups -OCH3 is 1. The molecular formula is C13H19NO3. The molecule has 0 heterocycles. The molecule has 1 aromatic rings. The van der Waals surface area contributed by atoms with Gasteiger partial charge < -0.3 is 15.2 Å². The Morgan fingerprint density at radius 1 is 1.41 bits per heavy atom. The lowest BCUT2D eigenvalue weighted by Gasteiger charge is -2.13. The van der Waals surface area contributed by atoms with Crippen molar-refractivity contribution in [3.05, 3.63) is 29.8 Å². The molecule has 1 rings (SSSR count). The highest BCUT2D eigenvalue weighted by atomic mass is 16.6. The fourth-order valence-corrected chi connectivity index (χ4v) is 1.54. The second-order valence-corrected chi connectivity index (χ2v) is 4.11. The van der Waals surface area contributed by atoms with E-state index in [0.717, 1.165) is 12.0 Å². The van der Waals surface area contributed by atoms with E-state index in [1.807, 2.05) is 31.2 Å². The minimum Gasteiger partial charge on any atom is -0.479 e. The summed E-state index contributed by atoms with van der Waals surface area (Å²) < 4.78 is 10.1. The number of benzene rings is 1. The molecule has 2 N–H and O–H groups in total. The summed E-state index contributed by atoms with van der Waals surface area (Å²) in [6.07, 6.45) is 0.176. The first-order valence-corrected chi connectivity index (χ1v) is 5.62. The van der Waals surface area contributed by atoms with E-state index < -0.39 is 6.10 Å². The molecule has 0 aliphatic rings. The predicted molar refractivity (Wildman–Crippen MR) is 65.9 cm³/mol. The van der Waals surface area contributed by atoms with Crippen molar-refractivity contribution in [1.29, 1.82) is 0 Å². The number of hydrogen-bond acceptors (Lipinski definition) is 4. The summed E-state index contributed by atoms with van der Waals surface area (Å²) in [5.41, 5.74) is 6.82. The second-order valence-electron chi connectivity index (χ2n) is 4.11. The van der Waals surface area contributed by atoms with E-state index in [1.165, 1.54) is 7.11 Å². The number of rotatable bonds is 5. The number of carbonyl (C=O) groups excluding carboxylic acids is 1. The van der Waals surface area contributed by atoms with E-state index in [1.54, 1.807) is 6.92 Å². The Bertz CT molecular complexity index is 377. The Labute approximate surface area is 102 Å². The summed E-state index contributed by atoms with van der Waals surface area (Å²) in [6, 6.07) is 7.67. The lowest BCUT2D eigenvalue weighted by molar-refractivity contribution is -0.147. The molecule has 0 spiro atoms. The van der Waals surface area contributed by atoms with Gasteiger partial charge in [0.25, 0.3) is 0 Å². The van der Waals surface area contributed by atoms with Crippen LogP contribution in [0.25, 0.3) is 0 Å². The van der Waals surface area contributed by atoms with Gasteiger partial charge in [0.15, 0.2) is 6.10 Å². The Kier molecular flexibility index (Phi) is 4.97. The minimum atomic E-state index is -0.606. The van der Waals surface area contributed by atoms with Crippen LogP contribution >= 0.6 is 0 Å². The summed E-state index contributed by atoms with van der Waals surface area (Å²) >= 11 is 0. The van der Waals surface area contributed by atoms with Crippen LogP contribution < -0.4 is 10.5 Å². The van der Waals surface area contributed by atoms with Gasteiger partial charge in [-0.15, -0.1) is 0 Å². The average molecular weight is 237 g/mol. The van der Waals surface area contributed by atoms with Crippen LogP contribution in [0.1, 0.15) is 19.4 Å². The highest BCUT2D eigenvalue weighted by molar-refractivity contribution is 5.74. The van der Waals surface area contributed by atoms with Crippen molar-refractivity contribution in [2.24, 2.45) is 5.73 Å². The Morgan fingerprint density at radius 3 is 2.71 bits per heavy atom. The zero-order chi connectivity index (χ0) is 12.8. The molecule has 17 heavy (non-hydrogen) atoms. The van der Waals surface area contributed by atoms with E-state index in [4.69, 9.17) is 10.5 Å². The van der Waals surface area contributed by atoms with Crippen LogP contribution in [0.3, 0.4) is 0 Å². The van der Waals surface area contributed by atoms with Crippen LogP contribution in [0.2, 0.25) is 0 Å². The quantitative estimate of drug-likeness (QED) is 0.789. The lowest BCUT2D eigenvalue weighted by Crippen LogP contribution is -2.25. The summed E-state index contributed by atoms with van der Waals surface area (Å²) in [6.45, 7) is 3.61. The van der Waals surface area contributed by atoms with Gasteiger partial charge in [-0.25, -0.2) is 4.79 Å². The number of carbonyl (C=O) groups is 1. The fourth-order valence-electron chi connectivity index (χ4n) is 1.54. The molecule has 0 aliphatic carbocycles. The SMILES string of the molecule is COC(=O)C(C)Oc1cccc(CC(C)N)c1. The number of esters is 1. The standard InChI is InChI=1S/C13H19NO3/c1-9(14)7-11-5-4-6-12(8-11)17-10(2)13(15)16-3/h4-6,8-10H,7,14H2,1-3H3. The zero-order valence-corrected chi connectivity index (χ0v) is 10.5. The minimum absolute atomic E-state index is 0.100. The van der Waals surface area contributed by atoms with Crippen LogP contribution in [0.15, 0.2) is 24.3 Å². The van der Waals surface area contributed by atoms with Crippen LogP contribution in [-0.2, 0) is 16.0 Å². The Hall–Kier alpha value is -1.55. The predicted octanol–water partition coefficient (Wildman–Crippen LogP) is 1.52. The number of hydrogen-bond donors (Lipinski definition) is 1. The molecule has 0 aromatic heterocycles. The van der Waals surface area contributed by atoms with Crippen molar-refractivity contribution >= 4 is 5.97 Å². The molecule has 94 valence electrons. The van der Waals surface area contributed by atoms with E-state index >= 15 is 0 Å². The van der Waals surface area contributed by atoms with Gasteiger partial charge in [-0.3, -0.25) is 0 Å². The van der Waals surface area contributed by atoms with Crippen molar-refractivity contribution in [2.45, 2.75) is 32.4 Å². The fraction of sp³-hybridized carbons (Fsp3) is 0.462. The largest absolute Gasteiger partial charge is 0.479 e. The molecule has 4 nitrogen and oxygen atoms in total. The first kappa shape index (κ1) is 13.5. The number of nitrogens with two attached hydrogens (primary N) is 1. The van der Waals surface area contributed by atoms with Crippen molar-refractivity contribution < 1.29 is 14.3 Å². The smallest absolute Gasteiger partial charge is 0.346 e. The first-order chi connectivity index (χ1) is 8.02. The molecule has 2 unspecified atom stereocenters. The second kappa shape index (κ2) is 6.25. The molecule has 0 saturated carbocycles. The summed E-state index contributed by atoms with van der Waals surface area (Å²) in [4.78, 5) is 11.2. The molecule has 0 aliphatic heterocycles. The summed E-state index contributed by atoms with van der Waals surface area (Å²) in [7, 11) is 1.34. The van der Waals surface area contributed by atoms with Gasteiger partial charge in [0.2, 0.25) is 0 Å². The van der Waals surface area contributed by atoms with E-state index in [0.29, 0.717) is 5.75 Å². The van der Waals surface area contributed by atoms with Gasteiger partial charge in [0.05, 0.1) is 7.11 Å². The first-order valence-electron chi connectivity index (χ1n) is 5.62. The maximum absolute atomic E-state index is 11.2. The van der Waals surface area contributed by atoms with Crippen LogP contribution in [0.5, 0.6) is 5.75 Å². The van der Waals surface area contributed by atoms with Crippen LogP contribution in [0, 0.1) is 0 Å². The maximum Gasteiger partial charge on any atom is 0.346 e. The van der Waals surface area contributed by atoms with Gasteiger partial charge in [-0.1, -0.05) is 12.1 Å². The summed E-state index contributed by atoms with van der Waals surface area (Å²) in [5.74, 6) is 0.267. The van der Waals surface area contributed by atoms with Gasteiger partial charge in [0.1, 0.15) is 5.75 Å². The topological polar surface area (TPSA) is 61.5 Å². The van der Waals surface area contributed by atoms with E-state index in [2.05, 4.69) is 4.74 Å². The van der Waals surface area contributed by atoms with Crippen molar-refractivity contribution in [1.82, 2.24) is 0 Å². The molecular weight excluding hydrogens is 218 g/mol. The van der Waals surface area contributed by atoms with E-state index in [-0.39, 0.29) is 12.0 Å². The average Bonchev–Trinajstić information content (AvgIpc) is 2.27. The highest BCUT2D eigenvalue weighted by Gasteiger charge is 2.14. The molecule has 2 atom stereocenters. The third-order valence-electron chi connectivity index (χ3n) is 2.30. The van der Waals surface area contributed by atoms with Crippen molar-refractivity contribution in [3.63, 3.8) is 0 Å². The lowest BCUT2D eigenvalue weighted by atomic mass is 10.1. The van der Waals surface area contributed by atoms with Crippen molar-refractivity contribution in [3.8, 4) is 5.75 Å². The molecule has 0 radical (unpaired) electrons. The Morgan fingerprint density at radius 2 is 2.12 bits per heavy atom. The number of ether oxygens (including phenoxy) is 2. The van der Waals surface area contributed by atoms with E-state index in [9.17, 15) is 4.79 Å². The third kappa shape index (κ3) is 4.44. The van der Waals surface area contributed by atoms with Gasteiger partial charge in [0, 0.05) is 6.04 Å². The Balaban J connectivity index is 2.68. The normalized spacial score (nSPS) is 13.9. The highest BCUT2D eigenvalue weighted by Crippen LogP contribution is 2.16. The molecule has 0 saturated heterocycles. The molecule has 1 aromatic carbocycles. The van der Waals surface area contributed by atoms with Gasteiger partial charge in [-0.2, -0.15) is 0 Å². The molecule has 0 bridgehead atoms. The third-order valence-corrected chi connectivity index (χ3v) is 2.30.